The van der Waals surface area contributed by atoms with Crippen LogP contribution in [0.4, 0.5) is 5.69 Å². The molecule has 1 aliphatic heterocycles. The van der Waals surface area contributed by atoms with Crippen molar-refractivity contribution < 1.29 is 9.66 Å². The lowest BCUT2D eigenvalue weighted by atomic mass is 9.85. The van der Waals surface area contributed by atoms with Crippen LogP contribution in [0.25, 0.3) is 0 Å². The average Bonchev–Trinajstić information content (AvgIpc) is 2.46. The molecule has 1 saturated heterocycles. The van der Waals surface area contributed by atoms with Crippen LogP contribution >= 0.6 is 27.7 Å². The summed E-state index contributed by atoms with van der Waals surface area (Å²) in [6.45, 7) is 1.56. The summed E-state index contributed by atoms with van der Waals surface area (Å²) in [5, 5.41) is 11.9. The van der Waals surface area contributed by atoms with Crippen LogP contribution in [0, 0.1) is 15.5 Å². The Bertz CT molecular complexity index is 449. The third-order valence-corrected chi connectivity index (χ3v) is 6.04. The molecule has 6 heteroatoms. The Morgan fingerprint density at radius 1 is 1.37 bits per heavy atom. The Kier molecular flexibility index (Phi) is 5.24. The average molecular weight is 346 g/mol. The topological polar surface area (TPSA) is 52.4 Å². The van der Waals surface area contributed by atoms with E-state index in [4.69, 9.17) is 4.74 Å². The van der Waals surface area contributed by atoms with Crippen molar-refractivity contribution in [1.82, 2.24) is 0 Å². The molecule has 1 aromatic rings. The fraction of sp³-hybridized carbons (Fsp3) is 0.538. The second-order valence-electron chi connectivity index (χ2n) is 4.76. The van der Waals surface area contributed by atoms with Crippen LogP contribution < -0.4 is 0 Å². The molecule has 1 aromatic carbocycles. The predicted molar refractivity (Wildman–Crippen MR) is 80.1 cm³/mol. The number of benzene rings is 1. The summed E-state index contributed by atoms with van der Waals surface area (Å²) >= 11 is 5.16. The van der Waals surface area contributed by atoms with E-state index in [0.29, 0.717) is 0 Å². The maximum Gasteiger partial charge on any atom is 0.282 e. The van der Waals surface area contributed by atoms with Gasteiger partial charge in [0.05, 0.1) is 9.82 Å². The zero-order valence-corrected chi connectivity index (χ0v) is 12.9. The van der Waals surface area contributed by atoms with E-state index in [0.717, 1.165) is 42.0 Å². The van der Waals surface area contributed by atoms with Gasteiger partial charge in [-0.1, -0.05) is 28.1 Å². The van der Waals surface area contributed by atoms with Crippen LogP contribution in [0.2, 0.25) is 0 Å². The van der Waals surface area contributed by atoms with E-state index in [-0.39, 0.29) is 16.0 Å². The number of alkyl halides is 1. The van der Waals surface area contributed by atoms with Gasteiger partial charge >= 0.3 is 0 Å². The van der Waals surface area contributed by atoms with Crippen molar-refractivity contribution >= 4 is 33.4 Å². The molecule has 0 N–H and O–H groups in total. The number of hydrogen-bond donors (Lipinski definition) is 0. The van der Waals surface area contributed by atoms with Crippen molar-refractivity contribution in [2.45, 2.75) is 17.7 Å². The molecule has 1 heterocycles. The minimum atomic E-state index is -0.312. The van der Waals surface area contributed by atoms with Gasteiger partial charge in [0.25, 0.3) is 5.69 Å². The van der Waals surface area contributed by atoms with E-state index < -0.39 is 0 Å². The van der Waals surface area contributed by atoms with Gasteiger partial charge in [0.15, 0.2) is 0 Å². The summed E-state index contributed by atoms with van der Waals surface area (Å²) < 4.78 is 5.40. The van der Waals surface area contributed by atoms with Crippen molar-refractivity contribution in [1.29, 1.82) is 0 Å². The van der Waals surface area contributed by atoms with Crippen LogP contribution in [-0.2, 0) is 4.74 Å². The fourth-order valence-corrected chi connectivity index (χ4v) is 4.42. The molecule has 0 radical (unpaired) electrons. The summed E-state index contributed by atoms with van der Waals surface area (Å²) in [6, 6.07) is 6.94. The first-order valence-electron chi connectivity index (χ1n) is 6.17. The summed E-state index contributed by atoms with van der Waals surface area (Å²) in [7, 11) is 0. The van der Waals surface area contributed by atoms with Gasteiger partial charge in [-0.25, -0.2) is 0 Å². The molecule has 0 atom stereocenters. The van der Waals surface area contributed by atoms with Crippen molar-refractivity contribution in [2.75, 3.05) is 24.3 Å². The quantitative estimate of drug-likeness (QED) is 0.351. The molecular weight excluding hydrogens is 330 g/mol. The second-order valence-corrected chi connectivity index (χ2v) is 6.34. The Hall–Kier alpha value is -0.590. The van der Waals surface area contributed by atoms with Gasteiger partial charge in [-0.2, -0.15) is 0 Å². The number of nitro groups is 1. The van der Waals surface area contributed by atoms with E-state index in [1.165, 1.54) is 0 Å². The van der Waals surface area contributed by atoms with Crippen LogP contribution in [0.1, 0.15) is 12.8 Å². The molecule has 1 fully saturated rings. The van der Waals surface area contributed by atoms with Gasteiger partial charge in [-0.3, -0.25) is 10.1 Å². The molecule has 19 heavy (non-hydrogen) atoms. The maximum atomic E-state index is 11.0. The van der Waals surface area contributed by atoms with Gasteiger partial charge < -0.3 is 4.74 Å². The third-order valence-electron chi connectivity index (χ3n) is 3.43. The number of para-hydroxylation sites is 1. The first-order chi connectivity index (χ1) is 9.17. The molecule has 104 valence electrons. The molecule has 0 aromatic heterocycles. The van der Waals surface area contributed by atoms with Crippen molar-refractivity contribution in [3.05, 3.63) is 34.4 Å². The number of hydrogen-bond acceptors (Lipinski definition) is 4. The zero-order chi connectivity index (χ0) is 13.7. The lowest BCUT2D eigenvalue weighted by Crippen LogP contribution is -2.33. The summed E-state index contributed by atoms with van der Waals surface area (Å²) in [4.78, 5) is 11.4. The van der Waals surface area contributed by atoms with Gasteiger partial charge in [0, 0.05) is 30.4 Å². The molecular formula is C13H16BrNO3S. The minimum absolute atomic E-state index is 0.187. The second kappa shape index (κ2) is 6.72. The summed E-state index contributed by atoms with van der Waals surface area (Å²) in [5.74, 6) is 0.881. The summed E-state index contributed by atoms with van der Waals surface area (Å²) in [5.41, 5.74) is 0.386. The van der Waals surface area contributed by atoms with Crippen molar-refractivity contribution in [3.63, 3.8) is 0 Å². The normalized spacial score (nSPS) is 18.2. The van der Waals surface area contributed by atoms with E-state index in [2.05, 4.69) is 15.9 Å². The lowest BCUT2D eigenvalue weighted by molar-refractivity contribution is -0.387. The molecule has 0 amide bonds. The number of nitrogens with zero attached hydrogens (tertiary/aromatic N) is 1. The first-order valence-corrected chi connectivity index (χ1v) is 8.27. The molecule has 0 aliphatic carbocycles. The first kappa shape index (κ1) is 14.8. The van der Waals surface area contributed by atoms with Gasteiger partial charge in [-0.15, -0.1) is 11.8 Å². The van der Waals surface area contributed by atoms with Gasteiger partial charge in [0.2, 0.25) is 0 Å². The Morgan fingerprint density at radius 2 is 2.05 bits per heavy atom. The van der Waals surface area contributed by atoms with E-state index in [1.807, 2.05) is 12.1 Å². The van der Waals surface area contributed by atoms with Crippen LogP contribution in [0.15, 0.2) is 29.2 Å². The van der Waals surface area contributed by atoms with Gasteiger partial charge in [0.1, 0.15) is 0 Å². The maximum absolute atomic E-state index is 11.0. The monoisotopic (exact) mass is 345 g/mol. The van der Waals surface area contributed by atoms with Gasteiger partial charge in [-0.05, 0) is 24.3 Å². The minimum Gasteiger partial charge on any atom is -0.381 e. The molecule has 0 spiro atoms. The standard InChI is InChI=1S/C13H16BrNO3S/c14-9-13(5-7-18-8-6-13)10-19-12-4-2-1-3-11(12)15(16)17/h1-4H,5-10H2. The smallest absolute Gasteiger partial charge is 0.282 e. The zero-order valence-electron chi connectivity index (χ0n) is 10.5. The Balaban J connectivity index is 2.07. The van der Waals surface area contributed by atoms with Crippen LogP contribution in [-0.4, -0.2) is 29.2 Å². The molecule has 1 aliphatic rings. The molecule has 0 saturated carbocycles. The number of thioether (sulfide) groups is 1. The Labute approximate surface area is 125 Å². The van der Waals surface area contributed by atoms with E-state index >= 15 is 0 Å². The molecule has 0 bridgehead atoms. The number of nitro benzene ring substituents is 1. The SMILES string of the molecule is O=[N+]([O-])c1ccccc1SCC1(CBr)CCOCC1. The van der Waals surface area contributed by atoms with Crippen molar-refractivity contribution in [3.8, 4) is 0 Å². The Morgan fingerprint density at radius 3 is 2.68 bits per heavy atom. The molecule has 0 unspecified atom stereocenters. The molecule has 2 rings (SSSR count). The highest BCUT2D eigenvalue weighted by molar-refractivity contribution is 9.09. The lowest BCUT2D eigenvalue weighted by Gasteiger charge is -2.35. The molecule has 4 nitrogen and oxygen atoms in total. The highest BCUT2D eigenvalue weighted by Gasteiger charge is 2.32. The number of rotatable bonds is 5. The van der Waals surface area contributed by atoms with E-state index in [1.54, 1.807) is 23.9 Å². The number of ether oxygens (including phenoxy) is 1. The highest BCUT2D eigenvalue weighted by Crippen LogP contribution is 2.40. The number of halogens is 1. The van der Waals surface area contributed by atoms with Crippen LogP contribution in [0.3, 0.4) is 0 Å². The highest BCUT2D eigenvalue weighted by atomic mass is 79.9. The van der Waals surface area contributed by atoms with Crippen molar-refractivity contribution in [2.24, 2.45) is 5.41 Å². The van der Waals surface area contributed by atoms with Crippen LogP contribution in [0.5, 0.6) is 0 Å². The predicted octanol–water partition coefficient (Wildman–Crippen LogP) is 3.88. The summed E-state index contributed by atoms with van der Waals surface area (Å²) in [6.07, 6.45) is 2.01. The largest absolute Gasteiger partial charge is 0.381 e. The fourth-order valence-electron chi connectivity index (χ4n) is 2.08. The van der Waals surface area contributed by atoms with E-state index in [9.17, 15) is 10.1 Å². The third kappa shape index (κ3) is 3.70.